The quantitative estimate of drug-likeness (QED) is 0.380. The average molecular weight is 491 g/mol. The summed E-state index contributed by atoms with van der Waals surface area (Å²) in [5.74, 6) is 1.12. The Morgan fingerprint density at radius 3 is 2.24 bits per heavy atom. The van der Waals surface area contributed by atoms with E-state index in [1.807, 2.05) is 36.4 Å². The van der Waals surface area contributed by atoms with E-state index in [-0.39, 0.29) is 4.90 Å². The lowest BCUT2D eigenvalue weighted by Crippen LogP contribution is -2.11. The highest BCUT2D eigenvalue weighted by Gasteiger charge is 2.18. The maximum absolute atomic E-state index is 11.7. The molecule has 170 valence electrons. The lowest BCUT2D eigenvalue weighted by atomic mass is 10.1. The minimum atomic E-state index is -3.83. The van der Waals surface area contributed by atoms with Crippen molar-refractivity contribution < 1.29 is 13.2 Å². The SMILES string of the molecule is COc1ccc(/C=N/c2c(C#N)c(-c3ccc(Cl)cc3)cn2-c2ccc(S(N)(=O)=O)cc2)cc1. The van der Waals surface area contributed by atoms with E-state index in [0.29, 0.717) is 27.7 Å². The van der Waals surface area contributed by atoms with E-state index in [0.717, 1.165) is 16.9 Å². The standard InChI is InChI=1S/C25H19ClN4O3S/c1-33-21-10-2-17(3-11-21)15-29-25-23(14-27)24(18-4-6-19(26)7-5-18)16-30(25)20-8-12-22(13-9-20)34(28,31)32/h2-13,15-16H,1H3,(H2,28,31,32)/b29-15+. The number of hydrogen-bond donors (Lipinski definition) is 1. The first-order valence-electron chi connectivity index (χ1n) is 10.0. The van der Waals surface area contributed by atoms with Crippen LogP contribution in [0.3, 0.4) is 0 Å². The molecule has 0 saturated heterocycles. The van der Waals surface area contributed by atoms with Crippen LogP contribution < -0.4 is 9.88 Å². The second-order valence-electron chi connectivity index (χ2n) is 7.30. The molecule has 1 heterocycles. The Bertz CT molecular complexity index is 1500. The lowest BCUT2D eigenvalue weighted by Gasteiger charge is -2.07. The summed E-state index contributed by atoms with van der Waals surface area (Å²) >= 11 is 6.03. The zero-order chi connectivity index (χ0) is 24.3. The molecule has 0 fully saturated rings. The number of nitrogens with two attached hydrogens (primary N) is 1. The molecule has 7 nitrogen and oxygen atoms in total. The van der Waals surface area contributed by atoms with Crippen molar-refractivity contribution in [3.8, 4) is 28.6 Å². The Hall–Kier alpha value is -3.90. The summed E-state index contributed by atoms with van der Waals surface area (Å²) in [6, 6.07) is 22.8. The third-order valence-electron chi connectivity index (χ3n) is 5.14. The van der Waals surface area contributed by atoms with Gasteiger partial charge in [-0.05, 0) is 71.8 Å². The molecule has 0 aliphatic carbocycles. The molecule has 34 heavy (non-hydrogen) atoms. The van der Waals surface area contributed by atoms with Crippen molar-refractivity contribution in [1.82, 2.24) is 4.57 Å². The van der Waals surface area contributed by atoms with Gasteiger partial charge in [0.25, 0.3) is 0 Å². The van der Waals surface area contributed by atoms with E-state index >= 15 is 0 Å². The number of rotatable bonds is 6. The number of methoxy groups -OCH3 is 1. The molecule has 0 aliphatic rings. The molecule has 0 radical (unpaired) electrons. The summed E-state index contributed by atoms with van der Waals surface area (Å²) < 4.78 is 30.2. The number of sulfonamides is 1. The van der Waals surface area contributed by atoms with Crippen LogP contribution >= 0.6 is 11.6 Å². The Labute approximate surface area is 202 Å². The summed E-state index contributed by atoms with van der Waals surface area (Å²) in [6.45, 7) is 0. The number of nitrogens with zero attached hydrogens (tertiary/aromatic N) is 3. The fourth-order valence-electron chi connectivity index (χ4n) is 3.40. The Morgan fingerprint density at radius 1 is 1.03 bits per heavy atom. The molecular weight excluding hydrogens is 472 g/mol. The first-order valence-corrected chi connectivity index (χ1v) is 12.0. The van der Waals surface area contributed by atoms with Crippen molar-refractivity contribution in [2.45, 2.75) is 4.90 Å². The molecule has 0 spiro atoms. The highest BCUT2D eigenvalue weighted by molar-refractivity contribution is 7.89. The molecule has 4 aromatic rings. The van der Waals surface area contributed by atoms with Crippen LogP contribution in [0.25, 0.3) is 16.8 Å². The highest BCUT2D eigenvalue weighted by atomic mass is 35.5. The monoisotopic (exact) mass is 490 g/mol. The molecule has 0 amide bonds. The fraction of sp³-hybridized carbons (Fsp3) is 0.0400. The van der Waals surface area contributed by atoms with Gasteiger partial charge in [0.15, 0.2) is 5.82 Å². The number of primary sulfonamides is 1. The molecule has 9 heteroatoms. The van der Waals surface area contributed by atoms with Gasteiger partial charge in [0.1, 0.15) is 17.4 Å². The van der Waals surface area contributed by atoms with Crippen molar-refractivity contribution in [1.29, 1.82) is 5.26 Å². The summed E-state index contributed by atoms with van der Waals surface area (Å²) in [6.07, 6.45) is 3.44. The van der Waals surface area contributed by atoms with Crippen molar-refractivity contribution >= 4 is 33.7 Å². The van der Waals surface area contributed by atoms with Crippen LogP contribution in [0.5, 0.6) is 5.75 Å². The van der Waals surface area contributed by atoms with Crippen molar-refractivity contribution in [2.75, 3.05) is 7.11 Å². The number of ether oxygens (including phenoxy) is 1. The fourth-order valence-corrected chi connectivity index (χ4v) is 4.04. The summed E-state index contributed by atoms with van der Waals surface area (Å²) in [4.78, 5) is 4.61. The van der Waals surface area contributed by atoms with Gasteiger partial charge in [0.2, 0.25) is 10.0 Å². The number of aliphatic imine (C=N–C) groups is 1. The van der Waals surface area contributed by atoms with Gasteiger partial charge in [-0.25, -0.2) is 18.5 Å². The topological polar surface area (TPSA) is 110 Å². The van der Waals surface area contributed by atoms with Crippen LogP contribution in [-0.4, -0.2) is 26.3 Å². The number of hydrogen-bond acceptors (Lipinski definition) is 5. The summed E-state index contributed by atoms with van der Waals surface area (Å²) in [7, 11) is -2.24. The number of benzene rings is 3. The number of aromatic nitrogens is 1. The molecule has 0 bridgehead atoms. The van der Waals surface area contributed by atoms with Crippen LogP contribution in [-0.2, 0) is 10.0 Å². The van der Waals surface area contributed by atoms with Gasteiger partial charge in [0, 0.05) is 28.7 Å². The Balaban J connectivity index is 1.87. The maximum Gasteiger partial charge on any atom is 0.238 e. The van der Waals surface area contributed by atoms with Crippen molar-refractivity contribution in [2.24, 2.45) is 10.1 Å². The largest absolute Gasteiger partial charge is 0.497 e. The molecule has 3 aromatic carbocycles. The molecule has 1 aromatic heterocycles. The minimum absolute atomic E-state index is 0.00915. The van der Waals surface area contributed by atoms with Crippen molar-refractivity contribution in [3.63, 3.8) is 0 Å². The van der Waals surface area contributed by atoms with Crippen LogP contribution in [0, 0.1) is 11.3 Å². The third kappa shape index (κ3) is 4.87. The van der Waals surface area contributed by atoms with Gasteiger partial charge >= 0.3 is 0 Å². The maximum atomic E-state index is 11.7. The first-order chi connectivity index (χ1) is 16.3. The lowest BCUT2D eigenvalue weighted by molar-refractivity contribution is 0.415. The van der Waals surface area contributed by atoms with E-state index < -0.39 is 10.0 Å². The second kappa shape index (κ2) is 9.53. The smallest absolute Gasteiger partial charge is 0.238 e. The minimum Gasteiger partial charge on any atom is -0.497 e. The van der Waals surface area contributed by atoms with Gasteiger partial charge in [-0.15, -0.1) is 0 Å². The van der Waals surface area contributed by atoms with E-state index in [9.17, 15) is 13.7 Å². The van der Waals surface area contributed by atoms with E-state index in [1.54, 1.807) is 48.4 Å². The Kier molecular flexibility index (Phi) is 6.52. The van der Waals surface area contributed by atoms with Crippen LogP contribution in [0.1, 0.15) is 11.1 Å². The zero-order valence-corrected chi connectivity index (χ0v) is 19.6. The van der Waals surface area contributed by atoms with E-state index in [4.69, 9.17) is 21.5 Å². The molecule has 0 unspecified atom stereocenters. The molecule has 4 rings (SSSR count). The third-order valence-corrected chi connectivity index (χ3v) is 6.32. The number of halogens is 1. The molecular formula is C25H19ClN4O3S. The Morgan fingerprint density at radius 2 is 1.68 bits per heavy atom. The molecule has 0 saturated carbocycles. The summed E-state index contributed by atoms with van der Waals surface area (Å²) in [5, 5.41) is 15.8. The van der Waals surface area contributed by atoms with Crippen LogP contribution in [0.2, 0.25) is 5.02 Å². The van der Waals surface area contributed by atoms with E-state index in [1.165, 1.54) is 12.1 Å². The predicted octanol–water partition coefficient (Wildman–Crippen LogP) is 5.08. The molecule has 0 atom stereocenters. The van der Waals surface area contributed by atoms with Crippen LogP contribution in [0.4, 0.5) is 5.82 Å². The van der Waals surface area contributed by atoms with Gasteiger partial charge < -0.3 is 9.30 Å². The first kappa shape index (κ1) is 23.3. The summed E-state index contributed by atoms with van der Waals surface area (Å²) in [5.41, 5.74) is 3.25. The molecule has 2 N–H and O–H groups in total. The van der Waals surface area contributed by atoms with E-state index in [2.05, 4.69) is 11.1 Å². The highest BCUT2D eigenvalue weighted by Crippen LogP contribution is 2.36. The van der Waals surface area contributed by atoms with Gasteiger partial charge in [-0.3, -0.25) is 0 Å². The molecule has 0 aliphatic heterocycles. The van der Waals surface area contributed by atoms with Crippen LogP contribution in [0.15, 0.2) is 88.9 Å². The van der Waals surface area contributed by atoms with Gasteiger partial charge in [-0.1, -0.05) is 23.7 Å². The normalized spacial score (nSPS) is 11.5. The predicted molar refractivity (Wildman–Crippen MR) is 133 cm³/mol. The zero-order valence-electron chi connectivity index (χ0n) is 18.0. The van der Waals surface area contributed by atoms with Crippen molar-refractivity contribution in [3.05, 3.63) is 95.1 Å². The number of nitriles is 1. The average Bonchev–Trinajstić information content (AvgIpc) is 3.21. The van der Waals surface area contributed by atoms with Gasteiger partial charge in [0.05, 0.1) is 12.0 Å². The van der Waals surface area contributed by atoms with Gasteiger partial charge in [-0.2, -0.15) is 5.26 Å². The second-order valence-corrected chi connectivity index (χ2v) is 9.30.